The van der Waals surface area contributed by atoms with Crippen LogP contribution in [0.4, 0.5) is 0 Å². The maximum Gasteiger partial charge on any atom is 0.438 e. The molecule has 2 aromatic rings. The molecule has 1 N–H and O–H groups in total. The zero-order valence-electron chi connectivity index (χ0n) is 18.3. The van der Waals surface area contributed by atoms with Crippen molar-refractivity contribution in [2.75, 3.05) is 6.61 Å². The second-order valence-corrected chi connectivity index (χ2v) is 8.01. The van der Waals surface area contributed by atoms with Crippen LogP contribution < -0.4 is 10.5 Å². The minimum atomic E-state index is -0.519. The summed E-state index contributed by atoms with van der Waals surface area (Å²) in [5.74, 6) is 0.888. The number of nitrogens with zero attached hydrogens (tertiary/aromatic N) is 1. The van der Waals surface area contributed by atoms with E-state index in [-0.39, 0.29) is 5.92 Å². The van der Waals surface area contributed by atoms with Crippen molar-refractivity contribution >= 4 is 0 Å². The maximum absolute atomic E-state index is 11.1. The summed E-state index contributed by atoms with van der Waals surface area (Å²) in [5.41, 5.74) is 1.06. The minimum Gasteiger partial charge on any atom is -0.494 e. The van der Waals surface area contributed by atoms with Gasteiger partial charge in [0, 0.05) is 5.92 Å². The van der Waals surface area contributed by atoms with Crippen LogP contribution >= 0.6 is 0 Å². The fourth-order valence-corrected chi connectivity index (χ4v) is 3.57. The molecule has 2 rings (SSSR count). The quantitative estimate of drug-likeness (QED) is 0.321. The maximum atomic E-state index is 11.1. The van der Waals surface area contributed by atoms with Gasteiger partial charge in [0.1, 0.15) is 5.75 Å². The molecule has 5 heteroatoms. The van der Waals surface area contributed by atoms with Gasteiger partial charge in [-0.1, -0.05) is 102 Å². The van der Waals surface area contributed by atoms with Crippen molar-refractivity contribution in [3.05, 3.63) is 46.2 Å². The smallest absolute Gasteiger partial charge is 0.438 e. The van der Waals surface area contributed by atoms with E-state index in [1.54, 1.807) is 0 Å². The van der Waals surface area contributed by atoms with E-state index >= 15 is 0 Å². The number of nitrogens with one attached hydrogen (secondary N) is 1. The predicted molar refractivity (Wildman–Crippen MR) is 118 cm³/mol. The van der Waals surface area contributed by atoms with Crippen LogP contribution in [0.5, 0.6) is 5.75 Å². The molecule has 1 unspecified atom stereocenters. The van der Waals surface area contributed by atoms with Crippen LogP contribution in [0.25, 0.3) is 0 Å². The third kappa shape index (κ3) is 9.33. The molecule has 0 amide bonds. The standard InChI is InChI=1S/C24H38N2O3/c1-3-4-5-6-7-8-9-10-11-12-13-14-19-28-22-17-15-21(16-18-22)20(2)23-25-24(27)29-26-23/h15-18,20H,3-14,19H2,1-2H3,(H,25,26,27). The second kappa shape index (κ2) is 14.0. The molecule has 1 aromatic carbocycles. The first-order valence-corrected chi connectivity index (χ1v) is 11.5. The molecule has 0 spiro atoms. The van der Waals surface area contributed by atoms with E-state index < -0.39 is 5.76 Å². The Labute approximate surface area is 175 Å². The van der Waals surface area contributed by atoms with Crippen molar-refractivity contribution in [1.82, 2.24) is 10.1 Å². The summed E-state index contributed by atoms with van der Waals surface area (Å²) in [4.78, 5) is 13.7. The normalized spacial score (nSPS) is 12.2. The summed E-state index contributed by atoms with van der Waals surface area (Å²) in [5, 5.41) is 3.76. The molecular weight excluding hydrogens is 364 g/mol. The number of rotatable bonds is 16. The van der Waals surface area contributed by atoms with Crippen LogP contribution in [-0.4, -0.2) is 16.7 Å². The van der Waals surface area contributed by atoms with Crippen molar-refractivity contribution in [2.45, 2.75) is 96.8 Å². The Morgan fingerprint density at radius 3 is 1.97 bits per heavy atom. The predicted octanol–water partition coefficient (Wildman–Crippen LogP) is 6.59. The Hall–Kier alpha value is -2.04. The number of hydrogen-bond donors (Lipinski definition) is 1. The minimum absolute atomic E-state index is 0.0214. The zero-order valence-corrected chi connectivity index (χ0v) is 18.3. The van der Waals surface area contributed by atoms with Crippen LogP contribution in [0.3, 0.4) is 0 Å². The van der Waals surface area contributed by atoms with E-state index in [1.165, 1.54) is 70.6 Å². The van der Waals surface area contributed by atoms with Gasteiger partial charge in [-0.25, -0.2) is 4.79 Å². The molecule has 0 aliphatic rings. The molecule has 0 aliphatic heterocycles. The SMILES string of the molecule is CCCCCCCCCCCCCCOc1ccc(C(C)c2noc(=O)[nH]2)cc1. The Morgan fingerprint density at radius 2 is 1.45 bits per heavy atom. The summed E-state index contributed by atoms with van der Waals surface area (Å²) in [6.45, 7) is 5.02. The average Bonchev–Trinajstić information content (AvgIpc) is 3.17. The molecule has 29 heavy (non-hydrogen) atoms. The monoisotopic (exact) mass is 402 g/mol. The van der Waals surface area contributed by atoms with Crippen LogP contribution in [0.2, 0.25) is 0 Å². The lowest BCUT2D eigenvalue weighted by atomic mass is 10.0. The van der Waals surface area contributed by atoms with E-state index in [0.717, 1.165) is 24.3 Å². The molecule has 1 heterocycles. The van der Waals surface area contributed by atoms with Gasteiger partial charge in [0.2, 0.25) is 0 Å². The Balaban J connectivity index is 1.49. The van der Waals surface area contributed by atoms with Crippen molar-refractivity contribution in [2.24, 2.45) is 0 Å². The number of H-pyrrole nitrogens is 1. The van der Waals surface area contributed by atoms with Gasteiger partial charge in [-0.2, -0.15) is 0 Å². The van der Waals surface area contributed by atoms with Crippen molar-refractivity contribution in [1.29, 1.82) is 0 Å². The second-order valence-electron chi connectivity index (χ2n) is 8.01. The Kier molecular flexibility index (Phi) is 11.2. The fraction of sp³-hybridized carbons (Fsp3) is 0.667. The number of benzene rings is 1. The van der Waals surface area contributed by atoms with Crippen LogP contribution in [0, 0.1) is 0 Å². The summed E-state index contributed by atoms with van der Waals surface area (Å²) in [7, 11) is 0. The van der Waals surface area contributed by atoms with Gasteiger partial charge >= 0.3 is 5.76 Å². The third-order valence-corrected chi connectivity index (χ3v) is 5.51. The lowest BCUT2D eigenvalue weighted by Gasteiger charge is -2.10. The van der Waals surface area contributed by atoms with Gasteiger partial charge in [0.25, 0.3) is 0 Å². The van der Waals surface area contributed by atoms with Gasteiger partial charge in [-0.15, -0.1) is 0 Å². The molecule has 1 atom stereocenters. The highest BCUT2D eigenvalue weighted by molar-refractivity contribution is 5.31. The van der Waals surface area contributed by atoms with Gasteiger partial charge in [-0.3, -0.25) is 9.51 Å². The summed E-state index contributed by atoms with van der Waals surface area (Å²) in [6.07, 6.45) is 16.2. The highest BCUT2D eigenvalue weighted by Crippen LogP contribution is 2.23. The van der Waals surface area contributed by atoms with E-state index in [9.17, 15) is 4.79 Å². The third-order valence-electron chi connectivity index (χ3n) is 5.51. The Morgan fingerprint density at radius 1 is 0.897 bits per heavy atom. The zero-order chi connectivity index (χ0) is 20.7. The Bertz CT molecular complexity index is 705. The van der Waals surface area contributed by atoms with Crippen molar-refractivity contribution in [3.8, 4) is 5.75 Å². The lowest BCUT2D eigenvalue weighted by Crippen LogP contribution is -2.02. The first kappa shape index (κ1) is 23.2. The van der Waals surface area contributed by atoms with Gasteiger partial charge < -0.3 is 4.74 Å². The van der Waals surface area contributed by atoms with Gasteiger partial charge in [0.05, 0.1) is 6.61 Å². The first-order valence-electron chi connectivity index (χ1n) is 11.5. The van der Waals surface area contributed by atoms with Gasteiger partial charge in [0.15, 0.2) is 5.82 Å². The van der Waals surface area contributed by atoms with Gasteiger partial charge in [-0.05, 0) is 24.1 Å². The molecule has 0 fully saturated rings. The molecule has 0 saturated carbocycles. The van der Waals surface area contributed by atoms with Crippen molar-refractivity contribution < 1.29 is 9.26 Å². The molecule has 0 radical (unpaired) electrons. The molecule has 5 nitrogen and oxygen atoms in total. The van der Waals surface area contributed by atoms with Crippen LogP contribution in [-0.2, 0) is 0 Å². The summed E-state index contributed by atoms with van der Waals surface area (Å²) < 4.78 is 10.4. The molecule has 162 valence electrons. The number of aromatic nitrogens is 2. The summed E-state index contributed by atoms with van der Waals surface area (Å²) in [6, 6.07) is 7.97. The van der Waals surface area contributed by atoms with E-state index in [4.69, 9.17) is 4.74 Å². The van der Waals surface area contributed by atoms with E-state index in [0.29, 0.717) is 5.82 Å². The number of hydrogen-bond acceptors (Lipinski definition) is 4. The van der Waals surface area contributed by atoms with Crippen LogP contribution in [0.15, 0.2) is 33.6 Å². The van der Waals surface area contributed by atoms with E-state index in [2.05, 4.69) is 21.6 Å². The number of aromatic amines is 1. The number of ether oxygens (including phenoxy) is 1. The lowest BCUT2D eigenvalue weighted by molar-refractivity contribution is 0.304. The molecule has 0 saturated heterocycles. The number of unbranched alkanes of at least 4 members (excludes halogenated alkanes) is 11. The highest BCUT2D eigenvalue weighted by Gasteiger charge is 2.13. The molecule has 1 aromatic heterocycles. The molecular formula is C24H38N2O3. The largest absolute Gasteiger partial charge is 0.494 e. The fourth-order valence-electron chi connectivity index (χ4n) is 3.57. The van der Waals surface area contributed by atoms with Crippen molar-refractivity contribution in [3.63, 3.8) is 0 Å². The molecule has 0 bridgehead atoms. The van der Waals surface area contributed by atoms with E-state index in [1.807, 2.05) is 31.2 Å². The highest BCUT2D eigenvalue weighted by atomic mass is 16.5. The topological polar surface area (TPSA) is 68.1 Å². The molecule has 0 aliphatic carbocycles. The first-order chi connectivity index (χ1) is 14.2. The average molecular weight is 403 g/mol. The summed E-state index contributed by atoms with van der Waals surface area (Å²) >= 11 is 0. The van der Waals surface area contributed by atoms with Crippen LogP contribution in [0.1, 0.15) is 108 Å².